The number of nitrogens with two attached hydrogens (primary N) is 1. The lowest BCUT2D eigenvalue weighted by molar-refractivity contribution is -0.385. The number of rotatable bonds is 8. The summed E-state index contributed by atoms with van der Waals surface area (Å²) < 4.78 is 0. The minimum Gasteiger partial charge on any atom is -0.380 e. The van der Waals surface area contributed by atoms with Crippen LogP contribution in [-0.2, 0) is 11.3 Å². The lowest BCUT2D eigenvalue weighted by Gasteiger charge is -2.14. The first-order chi connectivity index (χ1) is 12.8. The first-order valence-electron chi connectivity index (χ1n) is 8.54. The van der Waals surface area contributed by atoms with Crippen molar-refractivity contribution in [3.63, 3.8) is 0 Å². The molecule has 0 bridgehead atoms. The molecule has 0 heterocycles. The maximum atomic E-state index is 11.8. The van der Waals surface area contributed by atoms with Crippen LogP contribution in [0.15, 0.2) is 36.4 Å². The van der Waals surface area contributed by atoms with E-state index in [0.717, 1.165) is 17.7 Å². The monoisotopic (exact) mass is 370 g/mol. The summed E-state index contributed by atoms with van der Waals surface area (Å²) in [6, 6.07) is 9.57. The van der Waals surface area contributed by atoms with E-state index >= 15 is 0 Å². The average molecular weight is 370 g/mol. The molecule has 0 unspecified atom stereocenters. The zero-order valence-corrected chi connectivity index (χ0v) is 15.2. The van der Waals surface area contributed by atoms with Gasteiger partial charge in [-0.25, -0.2) is 0 Å². The molecule has 0 aliphatic carbocycles. The van der Waals surface area contributed by atoms with Crippen LogP contribution < -0.4 is 16.4 Å². The Morgan fingerprint density at radius 1 is 1.19 bits per heavy atom. The maximum absolute atomic E-state index is 11.8. The lowest BCUT2D eigenvalue weighted by Crippen LogP contribution is -2.13. The first kappa shape index (κ1) is 19.9. The Bertz CT molecular complexity index is 880. The molecule has 2 aromatic carbocycles. The Morgan fingerprint density at radius 2 is 1.89 bits per heavy atom. The number of anilines is 2. The second kappa shape index (κ2) is 8.79. The third-order valence-corrected chi connectivity index (χ3v) is 4.12. The van der Waals surface area contributed by atoms with Crippen LogP contribution in [0.1, 0.15) is 41.3 Å². The van der Waals surface area contributed by atoms with Crippen molar-refractivity contribution < 1.29 is 14.5 Å². The van der Waals surface area contributed by atoms with Crippen LogP contribution in [0.4, 0.5) is 17.1 Å². The van der Waals surface area contributed by atoms with Crippen LogP contribution in [0, 0.1) is 17.0 Å². The number of amides is 2. The van der Waals surface area contributed by atoms with Crippen molar-refractivity contribution in [3.8, 4) is 0 Å². The number of benzene rings is 2. The van der Waals surface area contributed by atoms with Crippen molar-refractivity contribution in [1.29, 1.82) is 0 Å². The van der Waals surface area contributed by atoms with Gasteiger partial charge in [0.2, 0.25) is 11.8 Å². The summed E-state index contributed by atoms with van der Waals surface area (Å²) in [4.78, 5) is 33.8. The number of hydrogen-bond donors (Lipinski definition) is 3. The molecule has 0 aliphatic heterocycles. The van der Waals surface area contributed by atoms with Crippen molar-refractivity contribution in [2.45, 2.75) is 33.2 Å². The van der Waals surface area contributed by atoms with Crippen molar-refractivity contribution in [2.75, 3.05) is 10.6 Å². The minimum absolute atomic E-state index is 0.0598. The molecule has 2 aromatic rings. The zero-order valence-electron chi connectivity index (χ0n) is 15.2. The average Bonchev–Trinajstić information content (AvgIpc) is 2.62. The van der Waals surface area contributed by atoms with E-state index in [0.29, 0.717) is 17.7 Å². The van der Waals surface area contributed by atoms with Gasteiger partial charge in [-0.2, -0.15) is 0 Å². The number of primary amides is 1. The fourth-order valence-corrected chi connectivity index (χ4v) is 2.63. The standard InChI is InChI=1S/C19H22N4O4/c1-3-5-18(24)22-16-7-4-6-15(12(16)2)21-11-14-9-8-13(19(20)25)10-17(14)23(26)27/h4,6-10,21H,3,5,11H2,1-2H3,(H2,20,25)(H,22,24). The van der Waals surface area contributed by atoms with E-state index in [9.17, 15) is 19.7 Å². The fraction of sp³-hybridized carbons (Fsp3) is 0.263. The topological polar surface area (TPSA) is 127 Å². The highest BCUT2D eigenvalue weighted by Crippen LogP contribution is 2.26. The second-order valence-electron chi connectivity index (χ2n) is 6.09. The van der Waals surface area contributed by atoms with E-state index in [2.05, 4.69) is 10.6 Å². The van der Waals surface area contributed by atoms with Gasteiger partial charge in [-0.3, -0.25) is 19.7 Å². The summed E-state index contributed by atoms with van der Waals surface area (Å²) in [5.41, 5.74) is 7.78. The lowest BCUT2D eigenvalue weighted by atomic mass is 10.1. The summed E-state index contributed by atoms with van der Waals surface area (Å²) in [5.74, 6) is -0.778. The highest BCUT2D eigenvalue weighted by atomic mass is 16.6. The Balaban J connectivity index is 2.20. The van der Waals surface area contributed by atoms with Crippen LogP contribution in [0.5, 0.6) is 0 Å². The third kappa shape index (κ3) is 5.04. The summed E-state index contributed by atoms with van der Waals surface area (Å²) in [6.45, 7) is 3.97. The highest BCUT2D eigenvalue weighted by Gasteiger charge is 2.17. The number of nitrogens with zero attached hydrogens (tertiary/aromatic N) is 1. The molecule has 0 radical (unpaired) electrons. The molecule has 8 heteroatoms. The predicted octanol–water partition coefficient (Wildman–Crippen LogP) is 3.35. The minimum atomic E-state index is -0.719. The number of hydrogen-bond acceptors (Lipinski definition) is 5. The maximum Gasteiger partial charge on any atom is 0.275 e. The highest BCUT2D eigenvalue weighted by molar-refractivity contribution is 5.93. The molecule has 0 atom stereocenters. The molecule has 8 nitrogen and oxygen atoms in total. The summed E-state index contributed by atoms with van der Waals surface area (Å²) in [6.07, 6.45) is 1.20. The van der Waals surface area contributed by atoms with Gasteiger partial charge in [0.15, 0.2) is 0 Å². The van der Waals surface area contributed by atoms with Gasteiger partial charge in [-0.15, -0.1) is 0 Å². The number of nitro benzene ring substituents is 1. The van der Waals surface area contributed by atoms with E-state index in [1.54, 1.807) is 12.1 Å². The molecule has 0 saturated carbocycles. The first-order valence-corrected chi connectivity index (χ1v) is 8.54. The van der Waals surface area contributed by atoms with Gasteiger partial charge in [0.25, 0.3) is 5.69 Å². The molecular formula is C19H22N4O4. The van der Waals surface area contributed by atoms with Gasteiger partial charge in [-0.1, -0.05) is 13.0 Å². The SMILES string of the molecule is CCCC(=O)Nc1cccc(NCc2ccc(C(N)=O)cc2[N+](=O)[O-])c1C. The molecule has 142 valence electrons. The van der Waals surface area contributed by atoms with Crippen LogP contribution in [0.25, 0.3) is 0 Å². The van der Waals surface area contributed by atoms with Gasteiger partial charge < -0.3 is 16.4 Å². The predicted molar refractivity (Wildman–Crippen MR) is 104 cm³/mol. The number of carbonyl (C=O) groups excluding carboxylic acids is 2. The number of carbonyl (C=O) groups is 2. The third-order valence-electron chi connectivity index (χ3n) is 4.12. The van der Waals surface area contributed by atoms with Crippen LogP contribution in [-0.4, -0.2) is 16.7 Å². The van der Waals surface area contributed by atoms with Gasteiger partial charge in [-0.05, 0) is 43.2 Å². The summed E-state index contributed by atoms with van der Waals surface area (Å²) in [5, 5.41) is 17.3. The Hall–Kier alpha value is -3.42. The van der Waals surface area contributed by atoms with Crippen LogP contribution in [0.2, 0.25) is 0 Å². The number of nitrogens with one attached hydrogen (secondary N) is 2. The van der Waals surface area contributed by atoms with Gasteiger partial charge in [0.05, 0.1) is 4.92 Å². The zero-order chi connectivity index (χ0) is 20.0. The van der Waals surface area contributed by atoms with Gasteiger partial charge >= 0.3 is 0 Å². The van der Waals surface area contributed by atoms with E-state index < -0.39 is 10.8 Å². The smallest absolute Gasteiger partial charge is 0.275 e. The van der Waals surface area contributed by atoms with Crippen molar-refractivity contribution >= 4 is 28.9 Å². The number of nitro groups is 1. The second-order valence-corrected chi connectivity index (χ2v) is 6.09. The Kier molecular flexibility index (Phi) is 6.48. The molecule has 0 fully saturated rings. The Labute approximate surface area is 156 Å². The molecule has 0 aliphatic rings. The normalized spacial score (nSPS) is 10.3. The molecule has 0 saturated heterocycles. The molecule has 27 heavy (non-hydrogen) atoms. The summed E-state index contributed by atoms with van der Waals surface area (Å²) >= 11 is 0. The Morgan fingerprint density at radius 3 is 2.52 bits per heavy atom. The summed E-state index contributed by atoms with van der Waals surface area (Å²) in [7, 11) is 0. The van der Waals surface area contributed by atoms with Crippen molar-refractivity contribution in [1.82, 2.24) is 0 Å². The molecular weight excluding hydrogens is 348 g/mol. The molecule has 0 spiro atoms. The molecule has 4 N–H and O–H groups in total. The van der Waals surface area contributed by atoms with Crippen LogP contribution >= 0.6 is 0 Å². The van der Waals surface area contributed by atoms with E-state index in [1.807, 2.05) is 19.9 Å². The van der Waals surface area contributed by atoms with Gasteiger partial charge in [0.1, 0.15) is 0 Å². The largest absolute Gasteiger partial charge is 0.380 e. The van der Waals surface area contributed by atoms with E-state index in [4.69, 9.17) is 5.73 Å². The van der Waals surface area contributed by atoms with Crippen molar-refractivity contribution in [3.05, 3.63) is 63.2 Å². The van der Waals surface area contributed by atoms with Crippen molar-refractivity contribution in [2.24, 2.45) is 5.73 Å². The molecule has 2 amide bonds. The molecule has 2 rings (SSSR count). The van der Waals surface area contributed by atoms with E-state index in [-0.39, 0.29) is 23.7 Å². The fourth-order valence-electron chi connectivity index (χ4n) is 2.63. The van der Waals surface area contributed by atoms with E-state index in [1.165, 1.54) is 18.2 Å². The molecule has 0 aromatic heterocycles. The van der Waals surface area contributed by atoms with Crippen LogP contribution in [0.3, 0.4) is 0 Å². The van der Waals surface area contributed by atoms with Gasteiger partial charge in [0, 0.05) is 41.5 Å². The quantitative estimate of drug-likeness (QED) is 0.485.